The summed E-state index contributed by atoms with van der Waals surface area (Å²) >= 11 is 6.20. The third-order valence-electron chi connectivity index (χ3n) is 6.51. The molecule has 0 fully saturated rings. The van der Waals surface area contributed by atoms with E-state index in [1.54, 1.807) is 14.2 Å². The maximum atomic E-state index is 11.6. The van der Waals surface area contributed by atoms with E-state index >= 15 is 0 Å². The molecule has 2 aromatic rings. The molecule has 2 atom stereocenters. The number of aliphatic hydroxyl groups is 1. The number of hydrogen-bond acceptors (Lipinski definition) is 4. The van der Waals surface area contributed by atoms with Crippen LogP contribution in [0.3, 0.4) is 0 Å². The molecular formula is C26H36ClNO3. The van der Waals surface area contributed by atoms with Gasteiger partial charge in [-0.05, 0) is 92.1 Å². The molecule has 3 rings (SSSR count). The van der Waals surface area contributed by atoms with Crippen LogP contribution >= 0.6 is 11.6 Å². The molecule has 2 aromatic carbocycles. The normalized spacial score (nSPS) is 20.5. The Labute approximate surface area is 191 Å². The minimum absolute atomic E-state index is 0.141. The lowest BCUT2D eigenvalue weighted by Gasteiger charge is -2.44. The lowest BCUT2D eigenvalue weighted by atomic mass is 9.66. The molecule has 5 heteroatoms. The molecule has 4 nitrogen and oxygen atoms in total. The summed E-state index contributed by atoms with van der Waals surface area (Å²) in [6.45, 7) is 6.14. The Morgan fingerprint density at radius 1 is 1.10 bits per heavy atom. The molecule has 1 aliphatic rings. The van der Waals surface area contributed by atoms with Gasteiger partial charge in [-0.1, -0.05) is 37.6 Å². The molecule has 0 aromatic heterocycles. The van der Waals surface area contributed by atoms with Crippen molar-refractivity contribution in [3.8, 4) is 11.5 Å². The van der Waals surface area contributed by atoms with E-state index in [2.05, 4.69) is 37.4 Å². The van der Waals surface area contributed by atoms with E-state index in [0.29, 0.717) is 5.92 Å². The predicted octanol–water partition coefficient (Wildman–Crippen LogP) is 5.39. The highest BCUT2D eigenvalue weighted by Gasteiger charge is 2.42. The quantitative estimate of drug-likeness (QED) is 0.481. The van der Waals surface area contributed by atoms with Crippen molar-refractivity contribution in [1.82, 2.24) is 5.32 Å². The van der Waals surface area contributed by atoms with Gasteiger partial charge in [-0.2, -0.15) is 0 Å². The molecule has 1 aliphatic carbocycles. The maximum Gasteiger partial charge on any atom is 0.160 e. The number of aryl methyl sites for hydroxylation is 2. The number of ether oxygens (including phenoxy) is 2. The fourth-order valence-electron chi connectivity index (χ4n) is 5.03. The highest BCUT2D eigenvalue weighted by Crippen LogP contribution is 2.45. The van der Waals surface area contributed by atoms with Gasteiger partial charge in [0, 0.05) is 10.9 Å². The first kappa shape index (κ1) is 23.9. The first-order valence-electron chi connectivity index (χ1n) is 11.3. The molecule has 170 valence electrons. The lowest BCUT2D eigenvalue weighted by Crippen LogP contribution is -2.44. The Morgan fingerprint density at radius 2 is 1.87 bits per heavy atom. The second-order valence-corrected chi connectivity index (χ2v) is 9.40. The second-order valence-electron chi connectivity index (χ2n) is 8.96. The summed E-state index contributed by atoms with van der Waals surface area (Å²) < 4.78 is 10.7. The zero-order valence-corrected chi connectivity index (χ0v) is 20.0. The summed E-state index contributed by atoms with van der Waals surface area (Å²) in [6, 6.07) is 12.2. The molecule has 2 unspecified atom stereocenters. The topological polar surface area (TPSA) is 50.7 Å². The van der Waals surface area contributed by atoms with Crippen molar-refractivity contribution in [3.05, 3.63) is 58.1 Å². The van der Waals surface area contributed by atoms with Gasteiger partial charge in [0.1, 0.15) is 0 Å². The monoisotopic (exact) mass is 445 g/mol. The SMILES string of the molecule is COc1ccc(CCCNCCC2(O)CCc3cc(Cl)ccc3C2C(C)C)cc1OC. The van der Waals surface area contributed by atoms with Crippen LogP contribution in [0.5, 0.6) is 11.5 Å². The first-order chi connectivity index (χ1) is 14.9. The van der Waals surface area contributed by atoms with E-state index in [0.717, 1.165) is 61.7 Å². The zero-order valence-electron chi connectivity index (χ0n) is 19.2. The van der Waals surface area contributed by atoms with Crippen LogP contribution in [0.4, 0.5) is 0 Å². The summed E-state index contributed by atoms with van der Waals surface area (Å²) in [5, 5.41) is 15.9. The van der Waals surface area contributed by atoms with Crippen molar-refractivity contribution in [2.75, 3.05) is 27.3 Å². The van der Waals surface area contributed by atoms with Crippen LogP contribution < -0.4 is 14.8 Å². The van der Waals surface area contributed by atoms with Gasteiger partial charge in [0.15, 0.2) is 11.5 Å². The number of fused-ring (bicyclic) bond motifs is 1. The molecule has 0 heterocycles. The minimum atomic E-state index is -0.675. The Balaban J connectivity index is 1.50. The summed E-state index contributed by atoms with van der Waals surface area (Å²) in [6.07, 6.45) is 4.43. The molecule has 0 aliphatic heterocycles. The summed E-state index contributed by atoms with van der Waals surface area (Å²) in [5.41, 5.74) is 3.12. The highest BCUT2D eigenvalue weighted by atomic mass is 35.5. The van der Waals surface area contributed by atoms with E-state index in [-0.39, 0.29) is 5.92 Å². The zero-order chi connectivity index (χ0) is 22.4. The van der Waals surface area contributed by atoms with Crippen LogP contribution in [-0.4, -0.2) is 38.0 Å². The minimum Gasteiger partial charge on any atom is -0.493 e. The third-order valence-corrected chi connectivity index (χ3v) is 6.75. The van der Waals surface area contributed by atoms with E-state index < -0.39 is 5.60 Å². The van der Waals surface area contributed by atoms with Crippen LogP contribution in [0.25, 0.3) is 0 Å². The standard InChI is InChI=1S/C26H36ClNO3/c1-18(2)25-22-9-8-21(27)17-20(22)11-12-26(25,29)13-15-28-14-5-6-19-7-10-23(30-3)24(16-19)31-4/h7-10,16-18,25,28-29H,5-6,11-15H2,1-4H3. The van der Waals surface area contributed by atoms with Crippen molar-refractivity contribution < 1.29 is 14.6 Å². The third kappa shape index (κ3) is 5.74. The van der Waals surface area contributed by atoms with Gasteiger partial charge in [-0.3, -0.25) is 0 Å². The average molecular weight is 446 g/mol. The molecule has 31 heavy (non-hydrogen) atoms. The van der Waals surface area contributed by atoms with Gasteiger partial charge in [-0.25, -0.2) is 0 Å². The number of halogens is 1. The predicted molar refractivity (Wildman–Crippen MR) is 128 cm³/mol. The van der Waals surface area contributed by atoms with E-state index in [1.165, 1.54) is 16.7 Å². The van der Waals surface area contributed by atoms with Crippen LogP contribution in [-0.2, 0) is 12.8 Å². The Bertz CT molecular complexity index is 870. The Hall–Kier alpha value is -1.75. The van der Waals surface area contributed by atoms with Gasteiger partial charge < -0.3 is 19.9 Å². The van der Waals surface area contributed by atoms with Crippen LogP contribution in [0.2, 0.25) is 5.02 Å². The first-order valence-corrected chi connectivity index (χ1v) is 11.7. The number of rotatable bonds is 10. The van der Waals surface area contributed by atoms with E-state index in [1.807, 2.05) is 18.2 Å². The Morgan fingerprint density at radius 3 is 2.58 bits per heavy atom. The number of benzene rings is 2. The molecular weight excluding hydrogens is 410 g/mol. The molecule has 2 N–H and O–H groups in total. The van der Waals surface area contributed by atoms with E-state index in [9.17, 15) is 5.11 Å². The van der Waals surface area contributed by atoms with Crippen LogP contribution in [0.15, 0.2) is 36.4 Å². The molecule has 0 amide bonds. The van der Waals surface area contributed by atoms with Crippen molar-refractivity contribution in [2.45, 2.75) is 57.5 Å². The summed E-state index contributed by atoms with van der Waals surface area (Å²) in [7, 11) is 3.32. The number of nitrogens with one attached hydrogen (secondary N) is 1. The molecule has 0 bridgehead atoms. The van der Waals surface area contributed by atoms with Gasteiger partial charge in [0.25, 0.3) is 0 Å². The van der Waals surface area contributed by atoms with Gasteiger partial charge >= 0.3 is 0 Å². The molecule has 0 saturated carbocycles. The fourth-order valence-corrected chi connectivity index (χ4v) is 5.23. The largest absolute Gasteiger partial charge is 0.493 e. The molecule has 0 spiro atoms. The van der Waals surface area contributed by atoms with Crippen molar-refractivity contribution in [3.63, 3.8) is 0 Å². The summed E-state index contributed by atoms with van der Waals surface area (Å²) in [4.78, 5) is 0. The lowest BCUT2D eigenvalue weighted by molar-refractivity contribution is -0.0240. The number of hydrogen-bond donors (Lipinski definition) is 2. The molecule has 0 radical (unpaired) electrons. The Kier molecular flexibility index (Phi) is 8.26. The van der Waals surface area contributed by atoms with Gasteiger partial charge in [0.2, 0.25) is 0 Å². The highest BCUT2D eigenvalue weighted by molar-refractivity contribution is 6.30. The fraction of sp³-hybridized carbons (Fsp3) is 0.538. The number of methoxy groups -OCH3 is 2. The van der Waals surface area contributed by atoms with Crippen LogP contribution in [0.1, 0.15) is 55.7 Å². The molecule has 0 saturated heterocycles. The van der Waals surface area contributed by atoms with Crippen LogP contribution in [0, 0.1) is 5.92 Å². The van der Waals surface area contributed by atoms with Gasteiger partial charge in [-0.15, -0.1) is 0 Å². The van der Waals surface area contributed by atoms with Crippen molar-refractivity contribution in [2.24, 2.45) is 5.92 Å². The van der Waals surface area contributed by atoms with Crippen molar-refractivity contribution >= 4 is 11.6 Å². The van der Waals surface area contributed by atoms with E-state index in [4.69, 9.17) is 21.1 Å². The second kappa shape index (κ2) is 10.7. The van der Waals surface area contributed by atoms with Crippen molar-refractivity contribution in [1.29, 1.82) is 0 Å². The van der Waals surface area contributed by atoms with Gasteiger partial charge in [0.05, 0.1) is 19.8 Å². The maximum absolute atomic E-state index is 11.6. The summed E-state index contributed by atoms with van der Waals surface area (Å²) in [5.74, 6) is 2.04. The smallest absolute Gasteiger partial charge is 0.160 e. The average Bonchev–Trinajstić information content (AvgIpc) is 2.75.